The van der Waals surface area contributed by atoms with E-state index >= 15 is 0 Å². The normalized spacial score (nSPS) is 11.4. The van der Waals surface area contributed by atoms with E-state index in [-0.39, 0.29) is 0 Å². The van der Waals surface area contributed by atoms with Crippen molar-refractivity contribution in [1.29, 1.82) is 0 Å². The number of rotatable bonds is 8. The molecule has 0 bridgehead atoms. The number of benzene rings is 1. The second-order valence-electron chi connectivity index (χ2n) is 5.70. The Kier molecular flexibility index (Phi) is 7.04. The average molecular weight is 247 g/mol. The summed E-state index contributed by atoms with van der Waals surface area (Å²) in [6.45, 7) is 9.07. The molecule has 1 rings (SSSR count). The lowest BCUT2D eigenvalue weighted by Crippen LogP contribution is -2.19. The minimum absolute atomic E-state index is 0.625. The van der Waals surface area contributed by atoms with Crippen LogP contribution in [0, 0.1) is 0 Å². The molecule has 0 amide bonds. The van der Waals surface area contributed by atoms with Gasteiger partial charge in [0, 0.05) is 6.54 Å². The molecule has 0 atom stereocenters. The molecule has 102 valence electrons. The summed E-state index contributed by atoms with van der Waals surface area (Å²) in [6.07, 6.45) is 5.39. The topological polar surface area (TPSA) is 3.24 Å². The molecule has 18 heavy (non-hydrogen) atoms. The van der Waals surface area contributed by atoms with Crippen molar-refractivity contribution in [3.63, 3.8) is 0 Å². The lowest BCUT2D eigenvalue weighted by Gasteiger charge is -2.17. The summed E-state index contributed by atoms with van der Waals surface area (Å²) >= 11 is 0. The maximum atomic E-state index is 2.44. The maximum Gasteiger partial charge on any atom is 0.0230 e. The Morgan fingerprint density at radius 1 is 1.11 bits per heavy atom. The fourth-order valence-corrected chi connectivity index (χ4v) is 2.25. The van der Waals surface area contributed by atoms with Gasteiger partial charge in [-0.15, -0.1) is 0 Å². The van der Waals surface area contributed by atoms with Gasteiger partial charge in [0.05, 0.1) is 0 Å². The van der Waals surface area contributed by atoms with E-state index in [0.29, 0.717) is 5.92 Å². The summed E-state index contributed by atoms with van der Waals surface area (Å²) in [5, 5.41) is 0. The Bertz CT molecular complexity index is 330. The van der Waals surface area contributed by atoms with Gasteiger partial charge in [0.2, 0.25) is 0 Å². The standard InChI is InChI=1S/C17H29N/c1-5-6-7-8-12-18(4)14-16-10-9-11-17(13-16)15(2)3/h9-11,13,15H,5-8,12,14H2,1-4H3. The minimum Gasteiger partial charge on any atom is -0.302 e. The first-order valence-corrected chi connectivity index (χ1v) is 7.41. The second-order valence-corrected chi connectivity index (χ2v) is 5.70. The van der Waals surface area contributed by atoms with Gasteiger partial charge in [0.1, 0.15) is 0 Å². The van der Waals surface area contributed by atoms with Crippen molar-refractivity contribution in [2.75, 3.05) is 13.6 Å². The molecule has 0 radical (unpaired) electrons. The molecule has 1 nitrogen and oxygen atoms in total. The molecule has 0 aliphatic heterocycles. The zero-order chi connectivity index (χ0) is 13.4. The number of hydrogen-bond acceptors (Lipinski definition) is 1. The molecule has 0 aliphatic rings. The van der Waals surface area contributed by atoms with Crippen LogP contribution < -0.4 is 0 Å². The molecule has 0 saturated heterocycles. The first-order chi connectivity index (χ1) is 8.63. The smallest absolute Gasteiger partial charge is 0.0230 e. The SMILES string of the molecule is CCCCCCN(C)Cc1cccc(C(C)C)c1. The van der Waals surface area contributed by atoms with Gasteiger partial charge in [-0.2, -0.15) is 0 Å². The zero-order valence-corrected chi connectivity index (χ0v) is 12.6. The largest absolute Gasteiger partial charge is 0.302 e. The van der Waals surface area contributed by atoms with Crippen LogP contribution in [0.3, 0.4) is 0 Å². The van der Waals surface area contributed by atoms with Crippen LogP contribution in [0.2, 0.25) is 0 Å². The Hall–Kier alpha value is -0.820. The predicted octanol–water partition coefficient (Wildman–Crippen LogP) is 4.82. The second kappa shape index (κ2) is 8.31. The van der Waals surface area contributed by atoms with E-state index < -0.39 is 0 Å². The van der Waals surface area contributed by atoms with Gasteiger partial charge >= 0.3 is 0 Å². The van der Waals surface area contributed by atoms with Gasteiger partial charge in [-0.3, -0.25) is 0 Å². The molecule has 0 fully saturated rings. The Balaban J connectivity index is 2.39. The van der Waals surface area contributed by atoms with Crippen LogP contribution in [0.4, 0.5) is 0 Å². The lowest BCUT2D eigenvalue weighted by atomic mass is 10.0. The number of hydrogen-bond donors (Lipinski definition) is 0. The molecular weight excluding hydrogens is 218 g/mol. The summed E-state index contributed by atoms with van der Waals surface area (Å²) in [6, 6.07) is 9.02. The highest BCUT2D eigenvalue weighted by Gasteiger charge is 2.03. The van der Waals surface area contributed by atoms with Crippen molar-refractivity contribution >= 4 is 0 Å². The van der Waals surface area contributed by atoms with Crippen LogP contribution in [0.25, 0.3) is 0 Å². The van der Waals surface area contributed by atoms with Gasteiger partial charge in [0.25, 0.3) is 0 Å². The zero-order valence-electron chi connectivity index (χ0n) is 12.6. The van der Waals surface area contributed by atoms with Crippen molar-refractivity contribution in [3.8, 4) is 0 Å². The molecule has 0 aliphatic carbocycles. The monoisotopic (exact) mass is 247 g/mol. The van der Waals surface area contributed by atoms with Crippen molar-refractivity contribution in [3.05, 3.63) is 35.4 Å². The van der Waals surface area contributed by atoms with Crippen molar-refractivity contribution in [2.24, 2.45) is 0 Å². The molecule has 0 heterocycles. The van der Waals surface area contributed by atoms with Gasteiger partial charge in [0.15, 0.2) is 0 Å². The van der Waals surface area contributed by atoms with E-state index in [9.17, 15) is 0 Å². The average Bonchev–Trinajstić information content (AvgIpc) is 2.35. The summed E-state index contributed by atoms with van der Waals surface area (Å²) in [4.78, 5) is 2.44. The highest BCUT2D eigenvalue weighted by atomic mass is 15.1. The highest BCUT2D eigenvalue weighted by Crippen LogP contribution is 2.16. The Morgan fingerprint density at radius 3 is 2.56 bits per heavy atom. The summed E-state index contributed by atoms with van der Waals surface area (Å²) in [7, 11) is 2.23. The van der Waals surface area contributed by atoms with E-state index in [1.54, 1.807) is 0 Å². The fourth-order valence-electron chi connectivity index (χ4n) is 2.25. The predicted molar refractivity (Wildman–Crippen MR) is 81.0 cm³/mol. The highest BCUT2D eigenvalue weighted by molar-refractivity contribution is 5.25. The van der Waals surface area contributed by atoms with E-state index in [0.717, 1.165) is 6.54 Å². The van der Waals surface area contributed by atoms with Gasteiger partial charge in [-0.05, 0) is 37.1 Å². The number of unbranched alkanes of at least 4 members (excludes halogenated alkanes) is 3. The first kappa shape index (κ1) is 15.2. The summed E-state index contributed by atoms with van der Waals surface area (Å²) in [5.74, 6) is 0.625. The maximum absolute atomic E-state index is 2.44. The molecule has 1 aromatic rings. The minimum atomic E-state index is 0.625. The first-order valence-electron chi connectivity index (χ1n) is 7.41. The van der Waals surface area contributed by atoms with E-state index in [1.165, 1.54) is 43.4 Å². The van der Waals surface area contributed by atoms with E-state index in [1.807, 2.05) is 0 Å². The van der Waals surface area contributed by atoms with Gasteiger partial charge in [-0.25, -0.2) is 0 Å². The molecule has 0 N–H and O–H groups in total. The third kappa shape index (κ3) is 5.68. The van der Waals surface area contributed by atoms with Crippen molar-refractivity contribution < 1.29 is 0 Å². The van der Waals surface area contributed by atoms with Crippen molar-refractivity contribution in [1.82, 2.24) is 4.90 Å². The molecule has 0 unspecified atom stereocenters. The molecule has 0 aromatic heterocycles. The Morgan fingerprint density at radius 2 is 1.89 bits per heavy atom. The van der Waals surface area contributed by atoms with Crippen LogP contribution in [-0.2, 0) is 6.54 Å². The van der Waals surface area contributed by atoms with Crippen LogP contribution in [-0.4, -0.2) is 18.5 Å². The van der Waals surface area contributed by atoms with Gasteiger partial charge < -0.3 is 4.90 Å². The molecule has 1 aromatic carbocycles. The number of nitrogens with zero attached hydrogens (tertiary/aromatic N) is 1. The summed E-state index contributed by atoms with van der Waals surface area (Å²) < 4.78 is 0. The fraction of sp³-hybridized carbons (Fsp3) is 0.647. The third-order valence-corrected chi connectivity index (χ3v) is 3.46. The van der Waals surface area contributed by atoms with E-state index in [4.69, 9.17) is 0 Å². The molecule has 0 spiro atoms. The molecule has 0 saturated carbocycles. The van der Waals surface area contributed by atoms with Gasteiger partial charge in [-0.1, -0.05) is 64.3 Å². The van der Waals surface area contributed by atoms with Crippen molar-refractivity contribution in [2.45, 2.75) is 58.9 Å². The lowest BCUT2D eigenvalue weighted by molar-refractivity contribution is 0.317. The molecule has 1 heteroatoms. The van der Waals surface area contributed by atoms with Crippen LogP contribution in [0.1, 0.15) is 63.5 Å². The van der Waals surface area contributed by atoms with Crippen LogP contribution in [0.15, 0.2) is 24.3 Å². The van der Waals surface area contributed by atoms with Crippen LogP contribution in [0.5, 0.6) is 0 Å². The quantitative estimate of drug-likeness (QED) is 0.595. The Labute approximate surface area is 113 Å². The van der Waals surface area contributed by atoms with E-state index in [2.05, 4.69) is 57.0 Å². The van der Waals surface area contributed by atoms with Crippen LogP contribution >= 0.6 is 0 Å². The molecular formula is C17H29N. The summed E-state index contributed by atoms with van der Waals surface area (Å²) in [5.41, 5.74) is 2.89. The third-order valence-electron chi connectivity index (χ3n) is 3.46.